The van der Waals surface area contributed by atoms with Crippen LogP contribution in [0.4, 0.5) is 8.78 Å². The summed E-state index contributed by atoms with van der Waals surface area (Å²) in [5.41, 5.74) is -0.0948. The Hall–Kier alpha value is -1.53. The summed E-state index contributed by atoms with van der Waals surface area (Å²) in [4.78, 5) is 10.4. The van der Waals surface area contributed by atoms with Crippen molar-refractivity contribution in [3.63, 3.8) is 0 Å². The third-order valence-corrected chi connectivity index (χ3v) is 3.07. The van der Waals surface area contributed by atoms with Crippen LogP contribution < -0.4 is 5.32 Å². The summed E-state index contributed by atoms with van der Waals surface area (Å²) in [5.74, 6) is -2.16. The second kappa shape index (κ2) is 7.91. The first-order valence-electron chi connectivity index (χ1n) is 6.54. The molecule has 0 saturated heterocycles. The number of carboxylic acids is 1. The molecule has 3 N–H and O–H groups in total. The van der Waals surface area contributed by atoms with Gasteiger partial charge in [-0.2, -0.15) is 0 Å². The Morgan fingerprint density at radius 2 is 2.10 bits per heavy atom. The maximum Gasteiger partial charge on any atom is 0.303 e. The van der Waals surface area contributed by atoms with E-state index in [1.807, 2.05) is 0 Å². The monoisotopic (exact) mass is 287 g/mol. The predicted octanol–water partition coefficient (Wildman–Crippen LogP) is 2.23. The SMILES string of the molecule is CCC(NCCCC(=O)O)C(O)c1cc(F)ccc1F. The Morgan fingerprint density at radius 1 is 1.40 bits per heavy atom. The minimum atomic E-state index is -1.18. The van der Waals surface area contributed by atoms with Gasteiger partial charge in [-0.25, -0.2) is 8.78 Å². The number of benzene rings is 1. The second-order valence-corrected chi connectivity index (χ2v) is 4.58. The average Bonchev–Trinajstić information content (AvgIpc) is 2.40. The van der Waals surface area contributed by atoms with Gasteiger partial charge in [0.05, 0.1) is 6.10 Å². The largest absolute Gasteiger partial charge is 0.481 e. The molecule has 1 rings (SSSR count). The number of carboxylic acid groups (broad SMARTS) is 1. The maximum atomic E-state index is 13.6. The van der Waals surface area contributed by atoms with E-state index in [0.29, 0.717) is 19.4 Å². The van der Waals surface area contributed by atoms with Gasteiger partial charge in [0.2, 0.25) is 0 Å². The molecular weight excluding hydrogens is 268 g/mol. The molecule has 0 heterocycles. The molecule has 0 bridgehead atoms. The highest BCUT2D eigenvalue weighted by Gasteiger charge is 2.22. The van der Waals surface area contributed by atoms with Crippen LogP contribution in [0, 0.1) is 11.6 Å². The maximum absolute atomic E-state index is 13.6. The van der Waals surface area contributed by atoms with Gasteiger partial charge >= 0.3 is 5.97 Å². The molecule has 1 aromatic carbocycles. The summed E-state index contributed by atoms with van der Waals surface area (Å²) < 4.78 is 26.7. The standard InChI is InChI=1S/C14H19F2NO3/c1-2-12(17-7-3-4-13(18)19)14(20)10-8-9(15)5-6-11(10)16/h5-6,8,12,14,17,20H,2-4,7H2,1H3,(H,18,19). The van der Waals surface area contributed by atoms with Gasteiger partial charge in [-0.05, 0) is 37.6 Å². The number of hydrogen-bond acceptors (Lipinski definition) is 3. The fourth-order valence-electron chi connectivity index (χ4n) is 1.96. The number of aliphatic hydroxyl groups excluding tert-OH is 1. The summed E-state index contributed by atoms with van der Waals surface area (Å²) in [6.45, 7) is 2.19. The second-order valence-electron chi connectivity index (χ2n) is 4.58. The molecule has 0 aliphatic heterocycles. The van der Waals surface area contributed by atoms with E-state index in [1.165, 1.54) is 0 Å². The lowest BCUT2D eigenvalue weighted by molar-refractivity contribution is -0.137. The number of nitrogens with one attached hydrogen (secondary N) is 1. The summed E-state index contributed by atoms with van der Waals surface area (Å²) in [6, 6.07) is 2.49. The van der Waals surface area contributed by atoms with E-state index >= 15 is 0 Å². The summed E-state index contributed by atoms with van der Waals surface area (Å²) >= 11 is 0. The van der Waals surface area contributed by atoms with Gasteiger partial charge in [0.1, 0.15) is 11.6 Å². The van der Waals surface area contributed by atoms with Crippen molar-refractivity contribution < 1.29 is 23.8 Å². The van der Waals surface area contributed by atoms with Gasteiger partial charge < -0.3 is 15.5 Å². The van der Waals surface area contributed by atoms with Crippen molar-refractivity contribution in [2.75, 3.05) is 6.54 Å². The number of hydrogen-bond donors (Lipinski definition) is 3. The topological polar surface area (TPSA) is 69.6 Å². The van der Waals surface area contributed by atoms with E-state index in [2.05, 4.69) is 5.32 Å². The summed E-state index contributed by atoms with van der Waals surface area (Å²) in [7, 11) is 0. The van der Waals surface area contributed by atoms with E-state index in [0.717, 1.165) is 18.2 Å². The number of aliphatic carboxylic acids is 1. The quantitative estimate of drug-likeness (QED) is 0.641. The minimum Gasteiger partial charge on any atom is -0.481 e. The van der Waals surface area contributed by atoms with Crippen LogP contribution in [-0.4, -0.2) is 28.8 Å². The van der Waals surface area contributed by atoms with Gasteiger partial charge in [-0.15, -0.1) is 0 Å². The molecule has 4 nitrogen and oxygen atoms in total. The lowest BCUT2D eigenvalue weighted by Gasteiger charge is -2.23. The van der Waals surface area contributed by atoms with Crippen molar-refractivity contribution in [3.05, 3.63) is 35.4 Å². The highest BCUT2D eigenvalue weighted by molar-refractivity contribution is 5.66. The van der Waals surface area contributed by atoms with Crippen LogP contribution in [0.1, 0.15) is 37.9 Å². The van der Waals surface area contributed by atoms with E-state index < -0.39 is 29.7 Å². The van der Waals surface area contributed by atoms with Crippen LogP contribution in [0.5, 0.6) is 0 Å². The van der Waals surface area contributed by atoms with Crippen LogP contribution in [-0.2, 0) is 4.79 Å². The van der Waals surface area contributed by atoms with Crippen molar-refractivity contribution in [2.24, 2.45) is 0 Å². The van der Waals surface area contributed by atoms with Crippen molar-refractivity contribution in [1.29, 1.82) is 0 Å². The summed E-state index contributed by atoms with van der Waals surface area (Å²) in [5, 5.41) is 21.6. The van der Waals surface area contributed by atoms with Crippen LogP contribution in [0.15, 0.2) is 18.2 Å². The molecule has 0 aliphatic carbocycles. The Kier molecular flexibility index (Phi) is 6.54. The molecule has 0 saturated carbocycles. The molecule has 112 valence electrons. The van der Waals surface area contributed by atoms with E-state index in [9.17, 15) is 18.7 Å². The van der Waals surface area contributed by atoms with E-state index in [-0.39, 0.29) is 12.0 Å². The third kappa shape index (κ3) is 4.86. The van der Waals surface area contributed by atoms with Crippen LogP contribution in [0.25, 0.3) is 0 Å². The molecule has 0 amide bonds. The molecule has 0 aliphatic rings. The number of carbonyl (C=O) groups is 1. The summed E-state index contributed by atoms with van der Waals surface area (Å²) in [6.07, 6.45) is -0.247. The molecule has 2 unspecified atom stereocenters. The van der Waals surface area contributed by atoms with Gasteiger partial charge in [-0.3, -0.25) is 4.79 Å². The third-order valence-electron chi connectivity index (χ3n) is 3.07. The van der Waals surface area contributed by atoms with Crippen molar-refractivity contribution >= 4 is 5.97 Å². The predicted molar refractivity (Wildman–Crippen MR) is 70.3 cm³/mol. The van der Waals surface area contributed by atoms with Crippen molar-refractivity contribution in [1.82, 2.24) is 5.32 Å². The average molecular weight is 287 g/mol. The fourth-order valence-corrected chi connectivity index (χ4v) is 1.96. The normalized spacial score (nSPS) is 14.0. The minimum absolute atomic E-state index is 0.0217. The zero-order chi connectivity index (χ0) is 15.1. The Bertz CT molecular complexity index is 454. The van der Waals surface area contributed by atoms with Gasteiger partial charge in [0, 0.05) is 18.0 Å². The first kappa shape index (κ1) is 16.5. The molecule has 2 atom stereocenters. The van der Waals surface area contributed by atoms with Gasteiger partial charge in [0.25, 0.3) is 0 Å². The molecule has 0 spiro atoms. The zero-order valence-corrected chi connectivity index (χ0v) is 11.3. The lowest BCUT2D eigenvalue weighted by Crippen LogP contribution is -2.35. The molecule has 0 fully saturated rings. The van der Waals surface area contributed by atoms with Gasteiger partial charge in [0.15, 0.2) is 0 Å². The number of rotatable bonds is 8. The van der Waals surface area contributed by atoms with Crippen molar-refractivity contribution in [3.8, 4) is 0 Å². The first-order chi connectivity index (χ1) is 9.45. The Labute approximate surface area is 116 Å². The Morgan fingerprint density at radius 3 is 2.70 bits per heavy atom. The first-order valence-corrected chi connectivity index (χ1v) is 6.54. The molecule has 0 radical (unpaired) electrons. The molecule has 6 heteroatoms. The van der Waals surface area contributed by atoms with E-state index in [1.54, 1.807) is 6.92 Å². The number of halogens is 2. The van der Waals surface area contributed by atoms with Gasteiger partial charge in [-0.1, -0.05) is 6.92 Å². The highest BCUT2D eigenvalue weighted by atomic mass is 19.1. The smallest absolute Gasteiger partial charge is 0.303 e. The van der Waals surface area contributed by atoms with Crippen LogP contribution in [0.3, 0.4) is 0 Å². The molecule has 0 aromatic heterocycles. The van der Waals surface area contributed by atoms with Crippen LogP contribution >= 0.6 is 0 Å². The van der Waals surface area contributed by atoms with E-state index in [4.69, 9.17) is 5.11 Å². The van der Waals surface area contributed by atoms with Crippen LogP contribution in [0.2, 0.25) is 0 Å². The lowest BCUT2D eigenvalue weighted by atomic mass is 9.99. The molecule has 1 aromatic rings. The molecular formula is C14H19F2NO3. The fraction of sp³-hybridized carbons (Fsp3) is 0.500. The highest BCUT2D eigenvalue weighted by Crippen LogP contribution is 2.22. The Balaban J connectivity index is 2.64. The van der Waals surface area contributed by atoms with Crippen molar-refractivity contribution in [2.45, 2.75) is 38.3 Å². The molecule has 20 heavy (non-hydrogen) atoms. The zero-order valence-electron chi connectivity index (χ0n) is 11.3. The number of aliphatic hydroxyl groups is 1.